The maximum absolute atomic E-state index is 11.1. The van der Waals surface area contributed by atoms with Crippen LogP contribution in [0.15, 0.2) is 42.5 Å². The summed E-state index contributed by atoms with van der Waals surface area (Å²) in [6, 6.07) is 15.2. The van der Waals surface area contributed by atoms with Gasteiger partial charge in [0, 0.05) is 13.5 Å². The van der Waals surface area contributed by atoms with Crippen molar-refractivity contribution in [3.63, 3.8) is 0 Å². The van der Waals surface area contributed by atoms with E-state index in [4.69, 9.17) is 0 Å². The van der Waals surface area contributed by atoms with Gasteiger partial charge in [0.15, 0.2) is 0 Å². The molecule has 0 aromatic heterocycles. The van der Waals surface area contributed by atoms with Crippen LogP contribution in [-0.2, 0) is 11.2 Å². The summed E-state index contributed by atoms with van der Waals surface area (Å²) >= 11 is 0. The van der Waals surface area contributed by atoms with E-state index in [-0.39, 0.29) is 5.91 Å². The van der Waals surface area contributed by atoms with Crippen LogP contribution < -0.4 is 5.32 Å². The van der Waals surface area contributed by atoms with Gasteiger partial charge in [0.1, 0.15) is 0 Å². The fourth-order valence-corrected chi connectivity index (χ4v) is 2.94. The minimum absolute atomic E-state index is 0.163. The smallest absolute Gasteiger partial charge is 0.219 e. The van der Waals surface area contributed by atoms with E-state index in [0.29, 0.717) is 6.42 Å². The van der Waals surface area contributed by atoms with Crippen LogP contribution in [0.5, 0.6) is 0 Å². The third-order valence-corrected chi connectivity index (χ3v) is 4.26. The van der Waals surface area contributed by atoms with Gasteiger partial charge in [-0.3, -0.25) is 4.79 Å². The molecule has 2 aromatic carbocycles. The molecule has 0 aliphatic carbocycles. The molecule has 2 aromatic rings. The van der Waals surface area contributed by atoms with Crippen LogP contribution in [0.1, 0.15) is 50.5 Å². The molecule has 0 saturated carbocycles. The number of benzene rings is 2. The van der Waals surface area contributed by atoms with E-state index in [0.717, 1.165) is 6.42 Å². The number of fused-ring (bicyclic) bond motifs is 1. The van der Waals surface area contributed by atoms with Gasteiger partial charge in [-0.1, -0.05) is 68.1 Å². The van der Waals surface area contributed by atoms with Crippen molar-refractivity contribution in [2.45, 2.75) is 51.4 Å². The van der Waals surface area contributed by atoms with Gasteiger partial charge in [0.05, 0.1) is 0 Å². The zero-order valence-electron chi connectivity index (χ0n) is 13.6. The predicted octanol–water partition coefficient (Wildman–Crippen LogP) is 4.86. The predicted molar refractivity (Wildman–Crippen MR) is 94.0 cm³/mol. The first-order valence-electron chi connectivity index (χ1n) is 8.48. The van der Waals surface area contributed by atoms with Gasteiger partial charge in [-0.15, -0.1) is 0 Å². The average Bonchev–Trinajstić information content (AvgIpc) is 2.57. The van der Waals surface area contributed by atoms with Crippen molar-refractivity contribution >= 4 is 16.7 Å². The summed E-state index contributed by atoms with van der Waals surface area (Å²) in [6.45, 7) is 0. The van der Waals surface area contributed by atoms with Gasteiger partial charge in [0.2, 0.25) is 5.91 Å². The molecule has 0 spiro atoms. The number of aryl methyl sites for hydroxylation is 1. The van der Waals surface area contributed by atoms with Crippen molar-refractivity contribution in [2.24, 2.45) is 0 Å². The van der Waals surface area contributed by atoms with E-state index in [1.807, 2.05) is 0 Å². The molecule has 0 saturated heterocycles. The highest BCUT2D eigenvalue weighted by Gasteiger charge is 2.01. The molecule has 2 heteroatoms. The van der Waals surface area contributed by atoms with Crippen LogP contribution in [0.25, 0.3) is 10.8 Å². The molecule has 1 N–H and O–H groups in total. The van der Waals surface area contributed by atoms with Gasteiger partial charge in [-0.05, 0) is 35.6 Å². The van der Waals surface area contributed by atoms with Gasteiger partial charge in [0.25, 0.3) is 0 Å². The number of hydrogen-bond acceptors (Lipinski definition) is 1. The lowest BCUT2D eigenvalue weighted by Gasteiger charge is -2.06. The second-order valence-corrected chi connectivity index (χ2v) is 5.93. The lowest BCUT2D eigenvalue weighted by Crippen LogP contribution is -2.16. The molecule has 1 amide bonds. The van der Waals surface area contributed by atoms with Crippen LogP contribution in [-0.4, -0.2) is 13.0 Å². The Hall–Kier alpha value is -1.83. The Kier molecular flexibility index (Phi) is 6.95. The average molecular weight is 297 g/mol. The topological polar surface area (TPSA) is 29.1 Å². The Labute approximate surface area is 133 Å². The molecule has 0 atom stereocenters. The molecule has 0 aliphatic heterocycles. The summed E-state index contributed by atoms with van der Waals surface area (Å²) in [5, 5.41) is 5.41. The third-order valence-electron chi connectivity index (χ3n) is 4.26. The first kappa shape index (κ1) is 16.5. The van der Waals surface area contributed by atoms with Crippen molar-refractivity contribution in [3.8, 4) is 0 Å². The van der Waals surface area contributed by atoms with E-state index < -0.39 is 0 Å². The van der Waals surface area contributed by atoms with Crippen molar-refractivity contribution in [3.05, 3.63) is 48.0 Å². The fourth-order valence-electron chi connectivity index (χ4n) is 2.94. The minimum Gasteiger partial charge on any atom is -0.359 e. The molecule has 22 heavy (non-hydrogen) atoms. The molecule has 0 radical (unpaired) electrons. The van der Waals surface area contributed by atoms with Crippen LogP contribution >= 0.6 is 0 Å². The minimum atomic E-state index is 0.163. The molecule has 0 fully saturated rings. The monoisotopic (exact) mass is 297 g/mol. The van der Waals surface area contributed by atoms with Gasteiger partial charge in [-0.25, -0.2) is 0 Å². The van der Waals surface area contributed by atoms with Gasteiger partial charge in [-0.2, -0.15) is 0 Å². The Morgan fingerprint density at radius 1 is 0.864 bits per heavy atom. The van der Waals surface area contributed by atoms with Crippen molar-refractivity contribution in [2.75, 3.05) is 7.05 Å². The SMILES string of the molecule is CNC(=O)CCCCCCCCc1cccc2ccccc12. The summed E-state index contributed by atoms with van der Waals surface area (Å²) in [5.41, 5.74) is 1.47. The molecule has 118 valence electrons. The fraction of sp³-hybridized carbons (Fsp3) is 0.450. The van der Waals surface area contributed by atoms with E-state index in [9.17, 15) is 4.79 Å². The zero-order valence-corrected chi connectivity index (χ0v) is 13.6. The maximum Gasteiger partial charge on any atom is 0.219 e. The number of unbranched alkanes of at least 4 members (excludes halogenated alkanes) is 5. The number of nitrogens with one attached hydrogen (secondary N) is 1. The Balaban J connectivity index is 1.63. The van der Waals surface area contributed by atoms with E-state index in [1.165, 1.54) is 54.9 Å². The van der Waals surface area contributed by atoms with Crippen molar-refractivity contribution in [1.29, 1.82) is 0 Å². The number of carbonyl (C=O) groups excluding carboxylic acids is 1. The number of carbonyl (C=O) groups is 1. The lowest BCUT2D eigenvalue weighted by molar-refractivity contribution is -0.120. The van der Waals surface area contributed by atoms with Gasteiger partial charge < -0.3 is 5.32 Å². The molecular weight excluding hydrogens is 270 g/mol. The number of hydrogen-bond donors (Lipinski definition) is 1. The second kappa shape index (κ2) is 9.24. The highest BCUT2D eigenvalue weighted by Crippen LogP contribution is 2.20. The summed E-state index contributed by atoms with van der Waals surface area (Å²) in [4.78, 5) is 11.1. The summed E-state index contributed by atoms with van der Waals surface area (Å²) in [7, 11) is 1.70. The van der Waals surface area contributed by atoms with Gasteiger partial charge >= 0.3 is 0 Å². The van der Waals surface area contributed by atoms with Crippen molar-refractivity contribution < 1.29 is 4.79 Å². The second-order valence-electron chi connectivity index (χ2n) is 5.93. The summed E-state index contributed by atoms with van der Waals surface area (Å²) in [6.07, 6.45) is 9.08. The normalized spacial score (nSPS) is 10.8. The third kappa shape index (κ3) is 5.18. The van der Waals surface area contributed by atoms with Crippen molar-refractivity contribution in [1.82, 2.24) is 5.32 Å². The summed E-state index contributed by atoms with van der Waals surface area (Å²) in [5.74, 6) is 0.163. The van der Waals surface area contributed by atoms with Crippen LogP contribution in [0.3, 0.4) is 0 Å². The quantitative estimate of drug-likeness (QED) is 0.658. The number of rotatable bonds is 9. The van der Waals surface area contributed by atoms with E-state index in [2.05, 4.69) is 47.8 Å². The van der Waals surface area contributed by atoms with Crippen LogP contribution in [0, 0.1) is 0 Å². The molecular formula is C20H27NO. The molecule has 2 nitrogen and oxygen atoms in total. The van der Waals surface area contributed by atoms with E-state index >= 15 is 0 Å². The zero-order chi connectivity index (χ0) is 15.6. The Morgan fingerprint density at radius 3 is 2.36 bits per heavy atom. The van der Waals surface area contributed by atoms with Crippen LogP contribution in [0.4, 0.5) is 0 Å². The Morgan fingerprint density at radius 2 is 1.55 bits per heavy atom. The largest absolute Gasteiger partial charge is 0.359 e. The highest BCUT2D eigenvalue weighted by atomic mass is 16.1. The standard InChI is InChI=1S/C20H27NO/c1-21-20(22)16-7-5-3-2-4-6-11-17-13-10-14-18-12-8-9-15-19(17)18/h8-10,12-15H,2-7,11,16H2,1H3,(H,21,22). The first-order chi connectivity index (χ1) is 10.8. The first-order valence-corrected chi connectivity index (χ1v) is 8.48. The lowest BCUT2D eigenvalue weighted by atomic mass is 9.99. The summed E-state index contributed by atoms with van der Waals surface area (Å²) < 4.78 is 0. The Bertz CT molecular complexity index is 586. The number of amides is 1. The van der Waals surface area contributed by atoms with Crippen LogP contribution in [0.2, 0.25) is 0 Å². The highest BCUT2D eigenvalue weighted by molar-refractivity contribution is 5.85. The molecule has 0 aliphatic rings. The molecule has 0 bridgehead atoms. The molecule has 0 heterocycles. The molecule has 2 rings (SSSR count). The molecule has 0 unspecified atom stereocenters. The maximum atomic E-state index is 11.1. The van der Waals surface area contributed by atoms with E-state index in [1.54, 1.807) is 7.05 Å².